The van der Waals surface area contributed by atoms with E-state index in [1.807, 2.05) is 19.9 Å². The van der Waals surface area contributed by atoms with Crippen molar-refractivity contribution in [1.82, 2.24) is 4.98 Å². The Balaban J connectivity index is 1.80. The van der Waals surface area contributed by atoms with E-state index in [2.05, 4.69) is 15.6 Å². The predicted molar refractivity (Wildman–Crippen MR) is 96.8 cm³/mol. The summed E-state index contributed by atoms with van der Waals surface area (Å²) in [7, 11) is 0. The first-order chi connectivity index (χ1) is 11.9. The van der Waals surface area contributed by atoms with Crippen molar-refractivity contribution in [2.45, 2.75) is 26.7 Å². The van der Waals surface area contributed by atoms with Crippen molar-refractivity contribution in [1.29, 1.82) is 0 Å². The van der Waals surface area contributed by atoms with Gasteiger partial charge in [0.25, 0.3) is 5.91 Å². The molecule has 0 atom stereocenters. The smallest absolute Gasteiger partial charge is 0.255 e. The highest BCUT2D eigenvalue weighted by molar-refractivity contribution is 6.05. The Morgan fingerprint density at radius 3 is 2.52 bits per heavy atom. The maximum Gasteiger partial charge on any atom is 0.255 e. The zero-order valence-electron chi connectivity index (χ0n) is 14.3. The number of aromatic nitrogens is 1. The van der Waals surface area contributed by atoms with Gasteiger partial charge in [0, 0.05) is 35.8 Å². The first kappa shape index (κ1) is 16.7. The van der Waals surface area contributed by atoms with Crippen LogP contribution in [-0.2, 0) is 4.79 Å². The molecule has 6 heteroatoms. The molecule has 128 valence electrons. The molecule has 0 aliphatic rings. The number of hydrogen-bond donors (Lipinski definition) is 2. The van der Waals surface area contributed by atoms with Crippen molar-refractivity contribution < 1.29 is 14.0 Å². The summed E-state index contributed by atoms with van der Waals surface area (Å²) in [6, 6.07) is 12.1. The molecule has 0 saturated heterocycles. The molecule has 0 aliphatic heterocycles. The molecule has 0 spiro atoms. The monoisotopic (exact) mass is 337 g/mol. The third-order valence-electron chi connectivity index (χ3n) is 3.60. The molecule has 1 aromatic heterocycles. The Hall–Kier alpha value is -3.15. The summed E-state index contributed by atoms with van der Waals surface area (Å²) in [6.45, 7) is 5.44. The Bertz CT molecular complexity index is 944. The highest BCUT2D eigenvalue weighted by atomic mass is 16.3. The SMILES string of the molecule is CC(=O)Nc1cccc(C(=O)Nc2ccc3nc(C(C)C)oc3c2)c1. The number of nitrogens with zero attached hydrogens (tertiary/aromatic N) is 1. The van der Waals surface area contributed by atoms with Gasteiger partial charge in [-0.3, -0.25) is 9.59 Å². The number of amides is 2. The molecule has 3 rings (SSSR count). The summed E-state index contributed by atoms with van der Waals surface area (Å²) in [5.74, 6) is 0.410. The van der Waals surface area contributed by atoms with Crippen LogP contribution in [0.5, 0.6) is 0 Å². The second-order valence-electron chi connectivity index (χ2n) is 6.11. The molecule has 6 nitrogen and oxygen atoms in total. The fourth-order valence-electron chi connectivity index (χ4n) is 2.41. The van der Waals surface area contributed by atoms with Crippen LogP contribution in [0.25, 0.3) is 11.1 Å². The summed E-state index contributed by atoms with van der Waals surface area (Å²) < 4.78 is 5.71. The van der Waals surface area contributed by atoms with Crippen LogP contribution >= 0.6 is 0 Å². The number of nitrogens with one attached hydrogen (secondary N) is 2. The zero-order chi connectivity index (χ0) is 18.0. The summed E-state index contributed by atoms with van der Waals surface area (Å²) >= 11 is 0. The van der Waals surface area contributed by atoms with Gasteiger partial charge >= 0.3 is 0 Å². The van der Waals surface area contributed by atoms with Crippen LogP contribution in [-0.4, -0.2) is 16.8 Å². The highest BCUT2D eigenvalue weighted by Crippen LogP contribution is 2.24. The lowest BCUT2D eigenvalue weighted by Crippen LogP contribution is -2.13. The molecule has 0 radical (unpaired) electrons. The van der Waals surface area contributed by atoms with Gasteiger partial charge < -0.3 is 15.1 Å². The lowest BCUT2D eigenvalue weighted by Gasteiger charge is -2.07. The largest absolute Gasteiger partial charge is 0.440 e. The Kier molecular flexibility index (Phi) is 4.52. The van der Waals surface area contributed by atoms with E-state index >= 15 is 0 Å². The van der Waals surface area contributed by atoms with Crippen LogP contribution in [0.15, 0.2) is 46.9 Å². The number of rotatable bonds is 4. The van der Waals surface area contributed by atoms with E-state index in [4.69, 9.17) is 4.42 Å². The van der Waals surface area contributed by atoms with Crippen molar-refractivity contribution in [3.05, 3.63) is 53.9 Å². The van der Waals surface area contributed by atoms with Gasteiger partial charge in [-0.15, -0.1) is 0 Å². The number of benzene rings is 2. The molecule has 0 fully saturated rings. The second kappa shape index (κ2) is 6.76. The fourth-order valence-corrected chi connectivity index (χ4v) is 2.41. The quantitative estimate of drug-likeness (QED) is 0.748. The third-order valence-corrected chi connectivity index (χ3v) is 3.60. The van der Waals surface area contributed by atoms with Gasteiger partial charge in [0.1, 0.15) is 5.52 Å². The van der Waals surface area contributed by atoms with Gasteiger partial charge in [0.2, 0.25) is 5.91 Å². The van der Waals surface area contributed by atoms with E-state index in [9.17, 15) is 9.59 Å². The van der Waals surface area contributed by atoms with Crippen LogP contribution < -0.4 is 10.6 Å². The number of hydrogen-bond acceptors (Lipinski definition) is 4. The fraction of sp³-hybridized carbons (Fsp3) is 0.211. The van der Waals surface area contributed by atoms with Crippen LogP contribution in [0.2, 0.25) is 0 Å². The maximum absolute atomic E-state index is 12.4. The van der Waals surface area contributed by atoms with Crippen molar-refractivity contribution in [3.63, 3.8) is 0 Å². The Labute approximate surface area is 145 Å². The van der Waals surface area contributed by atoms with Crippen molar-refractivity contribution >= 4 is 34.3 Å². The minimum Gasteiger partial charge on any atom is -0.440 e. The molecule has 3 aromatic rings. The molecule has 2 aromatic carbocycles. The van der Waals surface area contributed by atoms with E-state index in [1.165, 1.54) is 6.92 Å². The number of fused-ring (bicyclic) bond motifs is 1. The van der Waals surface area contributed by atoms with Crippen LogP contribution in [0.4, 0.5) is 11.4 Å². The van der Waals surface area contributed by atoms with Crippen LogP contribution in [0.3, 0.4) is 0 Å². The van der Waals surface area contributed by atoms with Gasteiger partial charge in [-0.25, -0.2) is 4.98 Å². The van der Waals surface area contributed by atoms with Gasteiger partial charge in [0.15, 0.2) is 11.5 Å². The third kappa shape index (κ3) is 3.85. The minimum atomic E-state index is -0.268. The van der Waals surface area contributed by atoms with E-state index in [1.54, 1.807) is 36.4 Å². The van der Waals surface area contributed by atoms with E-state index < -0.39 is 0 Å². The number of carbonyl (C=O) groups is 2. The van der Waals surface area contributed by atoms with Gasteiger partial charge in [-0.1, -0.05) is 19.9 Å². The molecular formula is C19H19N3O3. The average Bonchev–Trinajstić information content (AvgIpc) is 2.98. The Morgan fingerprint density at radius 1 is 1.04 bits per heavy atom. The number of anilines is 2. The summed E-state index contributed by atoms with van der Waals surface area (Å²) in [6.07, 6.45) is 0. The standard InChI is InChI=1S/C19H19N3O3/c1-11(2)19-22-16-8-7-15(10-17(16)25-19)21-18(24)13-5-4-6-14(9-13)20-12(3)23/h4-11H,1-3H3,(H,20,23)(H,21,24). The van der Waals surface area contributed by atoms with Crippen LogP contribution in [0.1, 0.15) is 42.9 Å². The van der Waals surface area contributed by atoms with E-state index in [0.29, 0.717) is 28.4 Å². The van der Waals surface area contributed by atoms with Crippen LogP contribution in [0, 0.1) is 0 Å². The molecule has 0 bridgehead atoms. The van der Waals surface area contributed by atoms with Crippen molar-refractivity contribution in [2.75, 3.05) is 10.6 Å². The molecule has 2 amide bonds. The molecular weight excluding hydrogens is 318 g/mol. The molecule has 0 saturated carbocycles. The zero-order valence-corrected chi connectivity index (χ0v) is 14.3. The molecule has 0 aliphatic carbocycles. The van der Waals surface area contributed by atoms with Gasteiger partial charge in [0.05, 0.1) is 0 Å². The topological polar surface area (TPSA) is 84.2 Å². The number of carbonyl (C=O) groups excluding carboxylic acids is 2. The summed E-state index contributed by atoms with van der Waals surface area (Å²) in [4.78, 5) is 28.0. The summed E-state index contributed by atoms with van der Waals surface area (Å²) in [5, 5.41) is 5.49. The highest BCUT2D eigenvalue weighted by Gasteiger charge is 2.12. The first-order valence-corrected chi connectivity index (χ1v) is 8.02. The molecule has 0 unspecified atom stereocenters. The van der Waals surface area contributed by atoms with E-state index in [-0.39, 0.29) is 17.7 Å². The molecule has 2 N–H and O–H groups in total. The molecule has 25 heavy (non-hydrogen) atoms. The molecule has 1 heterocycles. The second-order valence-corrected chi connectivity index (χ2v) is 6.11. The lowest BCUT2D eigenvalue weighted by atomic mass is 10.1. The average molecular weight is 337 g/mol. The van der Waals surface area contributed by atoms with Gasteiger partial charge in [-0.2, -0.15) is 0 Å². The lowest BCUT2D eigenvalue weighted by molar-refractivity contribution is -0.114. The number of oxazole rings is 1. The maximum atomic E-state index is 12.4. The predicted octanol–water partition coefficient (Wildman–Crippen LogP) is 4.16. The van der Waals surface area contributed by atoms with Gasteiger partial charge in [-0.05, 0) is 30.3 Å². The first-order valence-electron chi connectivity index (χ1n) is 8.02. The summed E-state index contributed by atoms with van der Waals surface area (Å²) in [5.41, 5.74) is 3.04. The van der Waals surface area contributed by atoms with E-state index in [0.717, 1.165) is 5.52 Å². The normalized spacial score (nSPS) is 10.9. The van der Waals surface area contributed by atoms with Crippen molar-refractivity contribution in [3.8, 4) is 0 Å². The minimum absolute atomic E-state index is 0.186. The van der Waals surface area contributed by atoms with Crippen molar-refractivity contribution in [2.24, 2.45) is 0 Å². The Morgan fingerprint density at radius 2 is 1.80 bits per heavy atom.